The first-order chi connectivity index (χ1) is 14.4. The average molecular weight is 418 g/mol. The highest BCUT2D eigenvalue weighted by atomic mass is 19.1. The molecule has 160 valence electrons. The molecule has 10 heteroatoms. The number of carbonyl (C=O) groups excluding carboxylic acids is 2. The Bertz CT molecular complexity index is 1040. The molecule has 0 bridgehead atoms. The van der Waals surface area contributed by atoms with Crippen LogP contribution in [-0.4, -0.2) is 63.7 Å². The second-order valence-electron chi connectivity index (χ2n) is 6.85. The van der Waals surface area contributed by atoms with Gasteiger partial charge in [0.25, 0.3) is 5.56 Å². The number of piperazine rings is 1. The van der Waals surface area contributed by atoms with Crippen molar-refractivity contribution >= 4 is 12.0 Å². The van der Waals surface area contributed by atoms with Gasteiger partial charge in [-0.2, -0.15) is 0 Å². The molecule has 3 rings (SSSR count). The van der Waals surface area contributed by atoms with Gasteiger partial charge in [0.05, 0.1) is 13.2 Å². The van der Waals surface area contributed by atoms with Crippen LogP contribution in [0.25, 0.3) is 0 Å². The van der Waals surface area contributed by atoms with Crippen LogP contribution in [0.15, 0.2) is 46.1 Å². The van der Waals surface area contributed by atoms with Gasteiger partial charge in [-0.25, -0.2) is 14.0 Å². The number of rotatable bonds is 5. The Balaban J connectivity index is 1.69. The molecule has 1 saturated heterocycles. The average Bonchev–Trinajstić information content (AvgIpc) is 2.73. The highest BCUT2D eigenvalue weighted by Gasteiger charge is 2.25. The first-order valence-corrected chi connectivity index (χ1v) is 9.63. The Morgan fingerprint density at radius 2 is 1.77 bits per heavy atom. The standard InChI is InChI=1S/C20H23FN4O5/c1-2-30-20(29)23-10-8-22(9-11-23)18(27)14-25-17(26)6-7-24(19(25)28)13-15-4-3-5-16(21)12-15/h3-7,12H,2,8-11,13-14H2,1H3. The Hall–Kier alpha value is -3.43. The monoisotopic (exact) mass is 418 g/mol. The van der Waals surface area contributed by atoms with Crippen LogP contribution < -0.4 is 11.2 Å². The topological polar surface area (TPSA) is 93.8 Å². The van der Waals surface area contributed by atoms with Crippen LogP contribution in [0.3, 0.4) is 0 Å². The van der Waals surface area contributed by atoms with E-state index < -0.39 is 29.7 Å². The van der Waals surface area contributed by atoms with Crippen LogP contribution in [0.1, 0.15) is 12.5 Å². The van der Waals surface area contributed by atoms with Crippen molar-refractivity contribution in [1.29, 1.82) is 0 Å². The lowest BCUT2D eigenvalue weighted by Crippen LogP contribution is -2.52. The normalized spacial score (nSPS) is 13.9. The molecule has 2 amide bonds. The molecule has 1 aromatic carbocycles. The van der Waals surface area contributed by atoms with Crippen molar-refractivity contribution in [3.8, 4) is 0 Å². The highest BCUT2D eigenvalue weighted by molar-refractivity contribution is 5.76. The quantitative estimate of drug-likeness (QED) is 0.705. The third-order valence-corrected chi connectivity index (χ3v) is 4.83. The zero-order valence-electron chi connectivity index (χ0n) is 16.6. The van der Waals surface area contributed by atoms with E-state index in [0.29, 0.717) is 18.7 Å². The van der Waals surface area contributed by atoms with E-state index >= 15 is 0 Å². The molecule has 0 atom stereocenters. The number of carbonyl (C=O) groups is 2. The fraction of sp³-hybridized carbons (Fsp3) is 0.400. The van der Waals surface area contributed by atoms with Gasteiger partial charge in [-0.05, 0) is 24.6 Å². The Kier molecular flexibility index (Phi) is 6.65. The maximum Gasteiger partial charge on any atom is 0.409 e. The summed E-state index contributed by atoms with van der Waals surface area (Å²) < 4.78 is 20.4. The van der Waals surface area contributed by atoms with E-state index in [-0.39, 0.29) is 32.1 Å². The Labute approximate surface area is 171 Å². The zero-order chi connectivity index (χ0) is 21.7. The van der Waals surface area contributed by atoms with Crippen molar-refractivity contribution < 1.29 is 18.7 Å². The summed E-state index contributed by atoms with van der Waals surface area (Å²) in [4.78, 5) is 52.3. The summed E-state index contributed by atoms with van der Waals surface area (Å²) in [5.41, 5.74) is -0.678. The number of benzene rings is 1. The summed E-state index contributed by atoms with van der Waals surface area (Å²) in [6.45, 7) is 2.88. The second kappa shape index (κ2) is 9.38. The molecule has 1 aliphatic heterocycles. The molecular weight excluding hydrogens is 395 g/mol. The molecule has 2 aromatic rings. The van der Waals surface area contributed by atoms with Crippen molar-refractivity contribution in [2.75, 3.05) is 32.8 Å². The minimum absolute atomic E-state index is 0.0727. The van der Waals surface area contributed by atoms with Crippen LogP contribution in [0.2, 0.25) is 0 Å². The summed E-state index contributed by atoms with van der Waals surface area (Å²) >= 11 is 0. The SMILES string of the molecule is CCOC(=O)N1CCN(C(=O)Cn2c(=O)ccn(Cc3cccc(F)c3)c2=O)CC1. The maximum absolute atomic E-state index is 13.4. The van der Waals surface area contributed by atoms with Gasteiger partial charge in [0, 0.05) is 38.4 Å². The van der Waals surface area contributed by atoms with Crippen molar-refractivity contribution in [1.82, 2.24) is 18.9 Å². The third-order valence-electron chi connectivity index (χ3n) is 4.83. The molecule has 9 nitrogen and oxygen atoms in total. The largest absolute Gasteiger partial charge is 0.450 e. The Morgan fingerprint density at radius 3 is 2.43 bits per heavy atom. The van der Waals surface area contributed by atoms with Gasteiger partial charge in [0.1, 0.15) is 12.4 Å². The predicted octanol–water partition coefficient (Wildman–Crippen LogP) is 0.498. The van der Waals surface area contributed by atoms with Crippen molar-refractivity contribution in [2.24, 2.45) is 0 Å². The third kappa shape index (κ3) is 4.94. The van der Waals surface area contributed by atoms with E-state index in [2.05, 4.69) is 0 Å². The van der Waals surface area contributed by atoms with Crippen molar-refractivity contribution in [3.63, 3.8) is 0 Å². The molecule has 0 radical (unpaired) electrons. The number of hydrogen-bond acceptors (Lipinski definition) is 5. The lowest BCUT2D eigenvalue weighted by molar-refractivity contribution is -0.133. The summed E-state index contributed by atoms with van der Waals surface area (Å²) in [5.74, 6) is -0.813. The predicted molar refractivity (Wildman–Crippen MR) is 106 cm³/mol. The van der Waals surface area contributed by atoms with Gasteiger partial charge in [-0.3, -0.25) is 18.7 Å². The molecule has 1 fully saturated rings. The second-order valence-corrected chi connectivity index (χ2v) is 6.85. The number of hydrogen-bond donors (Lipinski definition) is 0. The molecule has 1 aromatic heterocycles. The highest BCUT2D eigenvalue weighted by Crippen LogP contribution is 2.06. The fourth-order valence-electron chi connectivity index (χ4n) is 3.24. The molecular formula is C20H23FN4O5. The van der Waals surface area contributed by atoms with Gasteiger partial charge >= 0.3 is 11.8 Å². The minimum atomic E-state index is -0.648. The minimum Gasteiger partial charge on any atom is -0.450 e. The van der Waals surface area contributed by atoms with Crippen LogP contribution in [0.4, 0.5) is 9.18 Å². The summed E-state index contributed by atoms with van der Waals surface area (Å²) in [5, 5.41) is 0. The van der Waals surface area contributed by atoms with Crippen LogP contribution in [-0.2, 0) is 22.6 Å². The first kappa shape index (κ1) is 21.3. The smallest absolute Gasteiger partial charge is 0.409 e. The number of amides is 2. The molecule has 0 aliphatic carbocycles. The van der Waals surface area contributed by atoms with E-state index in [1.165, 1.54) is 44.8 Å². The van der Waals surface area contributed by atoms with Crippen LogP contribution in [0.5, 0.6) is 0 Å². The van der Waals surface area contributed by atoms with Gasteiger partial charge in [0.2, 0.25) is 5.91 Å². The van der Waals surface area contributed by atoms with Gasteiger partial charge in [0.15, 0.2) is 0 Å². The first-order valence-electron chi connectivity index (χ1n) is 9.63. The van der Waals surface area contributed by atoms with Gasteiger partial charge < -0.3 is 14.5 Å². The molecule has 0 spiro atoms. The maximum atomic E-state index is 13.4. The van der Waals surface area contributed by atoms with E-state index in [9.17, 15) is 23.6 Å². The van der Waals surface area contributed by atoms with E-state index in [1.807, 2.05) is 0 Å². The summed E-state index contributed by atoms with van der Waals surface area (Å²) in [6.07, 6.45) is 0.901. The molecule has 2 heterocycles. The lowest BCUT2D eigenvalue weighted by Gasteiger charge is -2.34. The van der Waals surface area contributed by atoms with E-state index in [0.717, 1.165) is 4.57 Å². The number of nitrogens with zero attached hydrogens (tertiary/aromatic N) is 4. The van der Waals surface area contributed by atoms with Crippen LogP contribution in [0, 0.1) is 5.82 Å². The van der Waals surface area contributed by atoms with Gasteiger partial charge in [-0.15, -0.1) is 0 Å². The number of aromatic nitrogens is 2. The number of halogens is 1. The van der Waals surface area contributed by atoms with Crippen molar-refractivity contribution in [2.45, 2.75) is 20.0 Å². The van der Waals surface area contributed by atoms with Gasteiger partial charge in [-0.1, -0.05) is 12.1 Å². The fourth-order valence-corrected chi connectivity index (χ4v) is 3.24. The van der Waals surface area contributed by atoms with Crippen molar-refractivity contribution in [3.05, 3.63) is 68.7 Å². The number of ether oxygens (including phenoxy) is 1. The molecule has 30 heavy (non-hydrogen) atoms. The molecule has 0 unspecified atom stereocenters. The van der Waals surface area contributed by atoms with E-state index in [1.54, 1.807) is 13.0 Å². The van der Waals surface area contributed by atoms with E-state index in [4.69, 9.17) is 4.74 Å². The molecule has 0 N–H and O–H groups in total. The zero-order valence-corrected chi connectivity index (χ0v) is 16.6. The molecule has 0 saturated carbocycles. The Morgan fingerprint density at radius 1 is 1.07 bits per heavy atom. The summed E-state index contributed by atoms with van der Waals surface area (Å²) in [6, 6.07) is 7.00. The summed E-state index contributed by atoms with van der Waals surface area (Å²) in [7, 11) is 0. The lowest BCUT2D eigenvalue weighted by atomic mass is 10.2. The van der Waals surface area contributed by atoms with Crippen LogP contribution >= 0.6 is 0 Å². The molecule has 1 aliphatic rings.